The average molecular weight is 657 g/mol. The molecule has 46 heavy (non-hydrogen) atoms. The zero-order valence-corrected chi connectivity index (χ0v) is 30.7. The van der Waals surface area contributed by atoms with E-state index in [1.54, 1.807) is 0 Å². The van der Waals surface area contributed by atoms with Crippen molar-refractivity contribution in [2.24, 2.45) is 0 Å². The molecule has 0 fully saturated rings. The van der Waals surface area contributed by atoms with Crippen LogP contribution >= 0.6 is 0 Å². The molecular formula is C39H76O7. The Morgan fingerprint density at radius 1 is 0.457 bits per heavy atom. The molecule has 0 aliphatic carbocycles. The fourth-order valence-electron chi connectivity index (χ4n) is 5.65. The molecule has 0 aromatic carbocycles. The Kier molecular flexibility index (Phi) is 35.7. The van der Waals surface area contributed by atoms with Gasteiger partial charge in [0.05, 0.1) is 13.2 Å². The van der Waals surface area contributed by atoms with Crippen molar-refractivity contribution in [1.82, 2.24) is 0 Å². The summed E-state index contributed by atoms with van der Waals surface area (Å²) in [4.78, 5) is 24.9. The van der Waals surface area contributed by atoms with Crippen LogP contribution in [0, 0.1) is 0 Å². The van der Waals surface area contributed by atoms with Crippen molar-refractivity contribution in [2.75, 3.05) is 19.8 Å². The van der Waals surface area contributed by atoms with E-state index in [4.69, 9.17) is 18.9 Å². The minimum Gasteiger partial charge on any atom is -0.462 e. The summed E-state index contributed by atoms with van der Waals surface area (Å²) in [7, 11) is 0. The van der Waals surface area contributed by atoms with Crippen molar-refractivity contribution in [3.05, 3.63) is 0 Å². The van der Waals surface area contributed by atoms with Gasteiger partial charge in [0.2, 0.25) is 0 Å². The summed E-state index contributed by atoms with van der Waals surface area (Å²) in [6.07, 6.45) is 33.2. The van der Waals surface area contributed by atoms with Gasteiger partial charge in [-0.05, 0) is 19.3 Å². The Hall–Kier alpha value is -1.18. The monoisotopic (exact) mass is 657 g/mol. The van der Waals surface area contributed by atoms with Gasteiger partial charge in [-0.2, -0.15) is 0 Å². The Balaban J connectivity index is 4.06. The van der Waals surface area contributed by atoms with Crippen LogP contribution in [0.2, 0.25) is 0 Å². The van der Waals surface area contributed by atoms with Crippen molar-refractivity contribution >= 4 is 11.9 Å². The minimum atomic E-state index is -1.40. The molecule has 1 N–H and O–H groups in total. The largest absolute Gasteiger partial charge is 0.462 e. The van der Waals surface area contributed by atoms with Gasteiger partial charge < -0.3 is 24.1 Å². The molecule has 0 saturated heterocycles. The summed E-state index contributed by atoms with van der Waals surface area (Å²) < 4.78 is 21.5. The van der Waals surface area contributed by atoms with E-state index >= 15 is 0 Å². The molecule has 0 bridgehead atoms. The van der Waals surface area contributed by atoms with Crippen LogP contribution in [0.3, 0.4) is 0 Å². The molecule has 0 rings (SSSR count). The van der Waals surface area contributed by atoms with Gasteiger partial charge in [-0.3, -0.25) is 9.59 Å². The van der Waals surface area contributed by atoms with Gasteiger partial charge in [-0.25, -0.2) is 0 Å². The Morgan fingerprint density at radius 3 is 1.22 bits per heavy atom. The van der Waals surface area contributed by atoms with Gasteiger partial charge in [0.15, 0.2) is 6.10 Å². The molecule has 0 aromatic heterocycles. The van der Waals surface area contributed by atoms with Gasteiger partial charge in [-0.1, -0.05) is 175 Å². The fourth-order valence-corrected chi connectivity index (χ4v) is 5.65. The lowest BCUT2D eigenvalue weighted by atomic mass is 10.0. The first kappa shape index (κ1) is 44.8. The van der Waals surface area contributed by atoms with Gasteiger partial charge in [-0.15, -0.1) is 0 Å². The van der Waals surface area contributed by atoms with Crippen molar-refractivity contribution in [1.29, 1.82) is 0 Å². The normalized spacial score (nSPS) is 12.7. The number of carbonyl (C=O) groups excluding carboxylic acids is 2. The molecular weight excluding hydrogens is 580 g/mol. The predicted molar refractivity (Wildman–Crippen MR) is 190 cm³/mol. The second kappa shape index (κ2) is 36.7. The highest BCUT2D eigenvalue weighted by atomic mass is 16.8. The standard InChI is InChI=1S/C39H76O7/c1-4-7-9-11-13-15-17-19-21-23-25-27-29-31-37(40)44-34-36(35-45-39(42)43-33-6-3)46-38(41)32-30-28-26-24-22-20-18-16-14-12-10-8-5-2/h36,39,42H,4-35H2,1-3H3. The van der Waals surface area contributed by atoms with Crippen LogP contribution in [0.1, 0.15) is 207 Å². The first-order valence-corrected chi connectivity index (χ1v) is 19.8. The highest BCUT2D eigenvalue weighted by Crippen LogP contribution is 2.15. The Labute approximate surface area is 284 Å². The maximum atomic E-state index is 12.5. The van der Waals surface area contributed by atoms with E-state index in [1.165, 1.54) is 128 Å². The minimum absolute atomic E-state index is 0.0812. The summed E-state index contributed by atoms with van der Waals surface area (Å²) in [5.41, 5.74) is 0. The first-order valence-electron chi connectivity index (χ1n) is 19.8. The third kappa shape index (κ3) is 34.2. The molecule has 0 aromatic rings. The number of aliphatic hydroxyl groups is 1. The lowest BCUT2D eigenvalue weighted by Crippen LogP contribution is -2.32. The van der Waals surface area contributed by atoms with Gasteiger partial charge >= 0.3 is 11.9 Å². The summed E-state index contributed by atoms with van der Waals surface area (Å²) >= 11 is 0. The SMILES string of the molecule is CCCCCCCCCCCCCCCC(=O)OCC(COC(O)OCCC)OC(=O)CCCCCCCCCCCCCCC. The van der Waals surface area contributed by atoms with Gasteiger partial charge in [0, 0.05) is 12.8 Å². The van der Waals surface area contributed by atoms with E-state index in [1.807, 2.05) is 6.92 Å². The lowest BCUT2D eigenvalue weighted by molar-refractivity contribution is -0.272. The summed E-state index contributed by atoms with van der Waals surface area (Å²) in [6, 6.07) is 0. The molecule has 0 saturated carbocycles. The van der Waals surface area contributed by atoms with Crippen LogP contribution in [0.25, 0.3) is 0 Å². The zero-order valence-electron chi connectivity index (χ0n) is 30.7. The fraction of sp³-hybridized carbons (Fsp3) is 0.949. The highest BCUT2D eigenvalue weighted by molar-refractivity contribution is 5.70. The molecule has 0 spiro atoms. The molecule has 2 atom stereocenters. The smallest absolute Gasteiger partial charge is 0.306 e. The second-order valence-electron chi connectivity index (χ2n) is 13.3. The number of ether oxygens (including phenoxy) is 4. The second-order valence-corrected chi connectivity index (χ2v) is 13.3. The number of hydrogen-bond donors (Lipinski definition) is 1. The molecule has 0 aliphatic rings. The molecule has 0 amide bonds. The number of carbonyl (C=O) groups is 2. The van der Waals surface area contributed by atoms with Crippen LogP contribution in [-0.2, 0) is 28.5 Å². The summed E-state index contributed by atoms with van der Waals surface area (Å²) in [5, 5.41) is 9.87. The molecule has 7 heteroatoms. The zero-order chi connectivity index (χ0) is 33.8. The number of aliphatic hydroxyl groups excluding tert-OH is 1. The average Bonchev–Trinajstić information content (AvgIpc) is 3.05. The van der Waals surface area contributed by atoms with Crippen molar-refractivity contribution in [2.45, 2.75) is 220 Å². The van der Waals surface area contributed by atoms with E-state index in [-0.39, 0.29) is 25.2 Å². The first-order chi connectivity index (χ1) is 22.5. The number of unbranched alkanes of at least 4 members (excludes halogenated alkanes) is 24. The van der Waals surface area contributed by atoms with Crippen LogP contribution < -0.4 is 0 Å². The number of hydrogen-bond acceptors (Lipinski definition) is 7. The predicted octanol–water partition coefficient (Wildman–Crippen LogP) is 11.1. The maximum Gasteiger partial charge on any atom is 0.306 e. The van der Waals surface area contributed by atoms with Crippen molar-refractivity contribution in [3.63, 3.8) is 0 Å². The van der Waals surface area contributed by atoms with Crippen LogP contribution in [0.15, 0.2) is 0 Å². The molecule has 7 nitrogen and oxygen atoms in total. The van der Waals surface area contributed by atoms with E-state index < -0.39 is 12.6 Å². The summed E-state index contributed by atoms with van der Waals surface area (Å²) in [5.74, 6) is -0.614. The van der Waals surface area contributed by atoms with E-state index in [2.05, 4.69) is 13.8 Å². The maximum absolute atomic E-state index is 12.5. The van der Waals surface area contributed by atoms with Crippen molar-refractivity contribution in [3.8, 4) is 0 Å². The number of rotatable bonds is 37. The van der Waals surface area contributed by atoms with E-state index in [0.717, 1.165) is 44.9 Å². The van der Waals surface area contributed by atoms with Crippen LogP contribution in [-0.4, -0.2) is 49.4 Å². The summed E-state index contributed by atoms with van der Waals surface area (Å²) in [6.45, 7) is 5.24. The van der Waals surface area contributed by atoms with E-state index in [0.29, 0.717) is 19.4 Å². The molecule has 0 aliphatic heterocycles. The third-order valence-corrected chi connectivity index (χ3v) is 8.59. The third-order valence-electron chi connectivity index (χ3n) is 8.59. The topological polar surface area (TPSA) is 91.3 Å². The molecule has 2 unspecified atom stereocenters. The highest BCUT2D eigenvalue weighted by Gasteiger charge is 2.19. The molecule has 0 radical (unpaired) electrons. The number of esters is 2. The molecule has 0 heterocycles. The van der Waals surface area contributed by atoms with Crippen molar-refractivity contribution < 1.29 is 33.6 Å². The lowest BCUT2D eigenvalue weighted by Gasteiger charge is -2.20. The quantitative estimate of drug-likeness (QED) is 0.0404. The van der Waals surface area contributed by atoms with Crippen LogP contribution in [0.4, 0.5) is 0 Å². The van der Waals surface area contributed by atoms with Gasteiger partial charge in [0.1, 0.15) is 6.61 Å². The van der Waals surface area contributed by atoms with Crippen LogP contribution in [0.5, 0.6) is 0 Å². The molecule has 274 valence electrons. The van der Waals surface area contributed by atoms with Gasteiger partial charge in [0.25, 0.3) is 6.48 Å². The Morgan fingerprint density at radius 2 is 0.826 bits per heavy atom. The van der Waals surface area contributed by atoms with E-state index in [9.17, 15) is 14.7 Å². The Bertz CT molecular complexity index is 642.